The molecule has 1 N–H and O–H groups in total. The van der Waals surface area contributed by atoms with E-state index >= 15 is 0 Å². The van der Waals surface area contributed by atoms with E-state index in [9.17, 15) is 4.39 Å². The molecule has 1 nitrogen and oxygen atoms in total. The van der Waals surface area contributed by atoms with Gasteiger partial charge in [-0.1, -0.05) is 24.6 Å². The molecule has 1 unspecified atom stereocenters. The molecular weight excluding hydrogens is 281 g/mol. The third-order valence-corrected chi connectivity index (χ3v) is 4.48. The van der Waals surface area contributed by atoms with E-state index in [1.54, 1.807) is 23.5 Å². The number of thiophene rings is 1. The second-order valence-electron chi connectivity index (χ2n) is 4.52. The van der Waals surface area contributed by atoms with E-state index < -0.39 is 0 Å². The van der Waals surface area contributed by atoms with Crippen molar-refractivity contribution in [2.75, 3.05) is 6.54 Å². The lowest BCUT2D eigenvalue weighted by Gasteiger charge is -2.18. The maximum absolute atomic E-state index is 13.9. The summed E-state index contributed by atoms with van der Waals surface area (Å²) in [6, 6.07) is 7.14. The van der Waals surface area contributed by atoms with Gasteiger partial charge in [0.1, 0.15) is 5.82 Å². The summed E-state index contributed by atoms with van der Waals surface area (Å²) in [7, 11) is 0. The second-order valence-corrected chi connectivity index (χ2v) is 5.90. The van der Waals surface area contributed by atoms with Crippen LogP contribution in [0.3, 0.4) is 0 Å². The van der Waals surface area contributed by atoms with Gasteiger partial charge < -0.3 is 5.32 Å². The Morgan fingerprint density at radius 3 is 2.74 bits per heavy atom. The highest BCUT2D eigenvalue weighted by Gasteiger charge is 2.16. The van der Waals surface area contributed by atoms with Gasteiger partial charge in [-0.05, 0) is 54.6 Å². The van der Waals surface area contributed by atoms with Crippen LogP contribution in [0.2, 0.25) is 5.02 Å². The third kappa shape index (κ3) is 3.56. The standard InChI is InChI=1S/C15H17ClFNS/c1-3-18-14(15-10(2)6-7-19-15)8-11-4-5-12(16)9-13(11)17/h4-7,9,14,18H,3,8H2,1-2H3. The minimum absolute atomic E-state index is 0.153. The molecule has 19 heavy (non-hydrogen) atoms. The first-order valence-electron chi connectivity index (χ1n) is 6.33. The molecule has 0 bridgehead atoms. The maximum atomic E-state index is 13.9. The Bertz CT molecular complexity index is 553. The first kappa shape index (κ1) is 14.5. The molecule has 102 valence electrons. The topological polar surface area (TPSA) is 12.0 Å². The number of aryl methyl sites for hydroxylation is 1. The van der Waals surface area contributed by atoms with E-state index in [0.29, 0.717) is 17.0 Å². The molecule has 1 aromatic heterocycles. The summed E-state index contributed by atoms with van der Waals surface area (Å²) >= 11 is 7.50. The quantitative estimate of drug-likeness (QED) is 0.840. The first-order chi connectivity index (χ1) is 9.11. The molecule has 0 aliphatic rings. The molecule has 0 saturated heterocycles. The van der Waals surface area contributed by atoms with Crippen molar-refractivity contribution in [2.24, 2.45) is 0 Å². The van der Waals surface area contributed by atoms with Crippen LogP contribution in [0.4, 0.5) is 4.39 Å². The molecule has 0 spiro atoms. The summed E-state index contributed by atoms with van der Waals surface area (Å²) in [5.41, 5.74) is 1.95. The van der Waals surface area contributed by atoms with E-state index in [1.165, 1.54) is 16.5 Å². The Hall–Kier alpha value is -0.900. The Morgan fingerprint density at radius 1 is 1.37 bits per heavy atom. The van der Waals surface area contributed by atoms with Crippen molar-refractivity contribution in [3.05, 3.63) is 56.5 Å². The van der Waals surface area contributed by atoms with Crippen molar-refractivity contribution >= 4 is 22.9 Å². The molecule has 2 aromatic rings. The van der Waals surface area contributed by atoms with Gasteiger partial charge in [-0.25, -0.2) is 4.39 Å². The van der Waals surface area contributed by atoms with E-state index in [-0.39, 0.29) is 11.9 Å². The molecule has 0 aliphatic carbocycles. The largest absolute Gasteiger partial charge is 0.309 e. The fraction of sp³-hybridized carbons (Fsp3) is 0.333. The molecule has 1 atom stereocenters. The van der Waals surface area contributed by atoms with Crippen LogP contribution in [0.15, 0.2) is 29.6 Å². The number of rotatable bonds is 5. The van der Waals surface area contributed by atoms with Gasteiger partial charge in [-0.2, -0.15) is 0 Å². The van der Waals surface area contributed by atoms with Crippen LogP contribution in [0.25, 0.3) is 0 Å². The van der Waals surface area contributed by atoms with Crippen LogP contribution >= 0.6 is 22.9 Å². The molecule has 0 saturated carbocycles. The summed E-state index contributed by atoms with van der Waals surface area (Å²) in [6.07, 6.45) is 0.637. The average Bonchev–Trinajstić information content (AvgIpc) is 2.78. The lowest BCUT2D eigenvalue weighted by atomic mass is 10.0. The van der Waals surface area contributed by atoms with E-state index in [4.69, 9.17) is 11.6 Å². The van der Waals surface area contributed by atoms with Crippen molar-refractivity contribution in [1.29, 1.82) is 0 Å². The van der Waals surface area contributed by atoms with Gasteiger partial charge >= 0.3 is 0 Å². The average molecular weight is 298 g/mol. The fourth-order valence-corrected chi connectivity index (χ4v) is 3.31. The SMILES string of the molecule is CCNC(Cc1ccc(Cl)cc1F)c1sccc1C. The van der Waals surface area contributed by atoms with Gasteiger partial charge in [0, 0.05) is 15.9 Å². The lowest BCUT2D eigenvalue weighted by molar-refractivity contribution is 0.533. The smallest absolute Gasteiger partial charge is 0.127 e. The number of nitrogens with one attached hydrogen (secondary N) is 1. The van der Waals surface area contributed by atoms with Crippen molar-refractivity contribution in [2.45, 2.75) is 26.3 Å². The van der Waals surface area contributed by atoms with Crippen LogP contribution in [0.1, 0.15) is 29.0 Å². The number of benzene rings is 1. The molecular formula is C15H17ClFNS. The summed E-state index contributed by atoms with van der Waals surface area (Å²) in [5, 5.41) is 5.94. The van der Waals surface area contributed by atoms with Gasteiger partial charge in [0.25, 0.3) is 0 Å². The third-order valence-electron chi connectivity index (χ3n) is 3.11. The minimum Gasteiger partial charge on any atom is -0.309 e. The number of halogens is 2. The Kier molecular flexibility index (Phi) is 4.97. The number of hydrogen-bond donors (Lipinski definition) is 1. The second kappa shape index (κ2) is 6.51. The summed E-state index contributed by atoms with van der Waals surface area (Å²) in [5.74, 6) is -0.232. The minimum atomic E-state index is -0.232. The molecule has 1 aromatic carbocycles. The fourth-order valence-electron chi connectivity index (χ4n) is 2.15. The highest BCUT2D eigenvalue weighted by Crippen LogP contribution is 2.28. The molecule has 0 amide bonds. The Labute approximate surface area is 122 Å². The summed E-state index contributed by atoms with van der Waals surface area (Å²) in [4.78, 5) is 1.27. The van der Waals surface area contributed by atoms with E-state index in [0.717, 1.165) is 6.54 Å². The predicted molar refractivity (Wildman–Crippen MR) is 80.6 cm³/mol. The van der Waals surface area contributed by atoms with Crippen molar-refractivity contribution in [3.63, 3.8) is 0 Å². The van der Waals surface area contributed by atoms with Gasteiger partial charge in [-0.3, -0.25) is 0 Å². The van der Waals surface area contributed by atoms with Crippen LogP contribution in [0.5, 0.6) is 0 Å². The monoisotopic (exact) mass is 297 g/mol. The van der Waals surface area contributed by atoms with Crippen LogP contribution in [-0.4, -0.2) is 6.54 Å². The number of hydrogen-bond acceptors (Lipinski definition) is 2. The summed E-state index contributed by atoms with van der Waals surface area (Å²) < 4.78 is 13.9. The van der Waals surface area contributed by atoms with Crippen molar-refractivity contribution in [3.8, 4) is 0 Å². The van der Waals surface area contributed by atoms with Crippen LogP contribution < -0.4 is 5.32 Å². The number of likely N-dealkylation sites (N-methyl/N-ethyl adjacent to an activating group) is 1. The Balaban J connectivity index is 2.24. The lowest BCUT2D eigenvalue weighted by Crippen LogP contribution is -2.23. The molecule has 2 rings (SSSR count). The normalized spacial score (nSPS) is 12.6. The Morgan fingerprint density at radius 2 is 2.16 bits per heavy atom. The summed E-state index contributed by atoms with van der Waals surface area (Å²) in [6.45, 7) is 5.01. The van der Waals surface area contributed by atoms with Crippen molar-refractivity contribution < 1.29 is 4.39 Å². The van der Waals surface area contributed by atoms with Gasteiger partial charge in [-0.15, -0.1) is 11.3 Å². The highest BCUT2D eigenvalue weighted by atomic mass is 35.5. The molecule has 0 aliphatic heterocycles. The molecule has 4 heteroatoms. The zero-order valence-electron chi connectivity index (χ0n) is 11.0. The first-order valence-corrected chi connectivity index (χ1v) is 7.59. The van der Waals surface area contributed by atoms with Crippen LogP contribution in [0, 0.1) is 12.7 Å². The van der Waals surface area contributed by atoms with E-state index in [1.807, 2.05) is 0 Å². The van der Waals surface area contributed by atoms with Gasteiger partial charge in [0.15, 0.2) is 0 Å². The molecule has 1 heterocycles. The van der Waals surface area contributed by atoms with Gasteiger partial charge in [0.2, 0.25) is 0 Å². The highest BCUT2D eigenvalue weighted by molar-refractivity contribution is 7.10. The zero-order chi connectivity index (χ0) is 13.8. The molecule has 0 fully saturated rings. The maximum Gasteiger partial charge on any atom is 0.127 e. The van der Waals surface area contributed by atoms with Gasteiger partial charge in [0.05, 0.1) is 0 Å². The molecule has 0 radical (unpaired) electrons. The predicted octanol–water partition coefficient (Wildman–Crippen LogP) is 4.74. The van der Waals surface area contributed by atoms with Crippen LogP contribution in [-0.2, 0) is 6.42 Å². The van der Waals surface area contributed by atoms with E-state index in [2.05, 4.69) is 30.6 Å². The zero-order valence-corrected chi connectivity index (χ0v) is 12.6. The van der Waals surface area contributed by atoms with Crippen molar-refractivity contribution in [1.82, 2.24) is 5.32 Å².